The highest BCUT2D eigenvalue weighted by Gasteiger charge is 2.12. The van der Waals surface area contributed by atoms with Gasteiger partial charge in [-0.1, -0.05) is 6.07 Å². The van der Waals surface area contributed by atoms with Gasteiger partial charge in [-0.15, -0.1) is 0 Å². The summed E-state index contributed by atoms with van der Waals surface area (Å²) < 4.78 is 3.15. The number of aryl methyl sites for hydroxylation is 2. The van der Waals surface area contributed by atoms with E-state index in [1.807, 2.05) is 35.8 Å². The highest BCUT2D eigenvalue weighted by Crippen LogP contribution is 2.25. The van der Waals surface area contributed by atoms with Gasteiger partial charge in [0.25, 0.3) is 5.56 Å². The molecular weight excluding hydrogens is 228 g/mol. The van der Waals surface area contributed by atoms with Gasteiger partial charge in [0, 0.05) is 19.3 Å². The van der Waals surface area contributed by atoms with Crippen molar-refractivity contribution in [2.75, 3.05) is 0 Å². The molecule has 0 saturated heterocycles. The molecule has 0 aliphatic heterocycles. The van der Waals surface area contributed by atoms with Gasteiger partial charge in [-0.2, -0.15) is 10.2 Å². The number of rotatable bonds is 1. The van der Waals surface area contributed by atoms with E-state index in [-0.39, 0.29) is 5.56 Å². The summed E-state index contributed by atoms with van der Waals surface area (Å²) in [5, 5.41) is 8.71. The van der Waals surface area contributed by atoms with Gasteiger partial charge >= 0.3 is 0 Å². The fourth-order valence-electron chi connectivity index (χ4n) is 2.07. The lowest BCUT2D eigenvalue weighted by atomic mass is 10.1. The van der Waals surface area contributed by atoms with E-state index in [0.717, 1.165) is 22.5 Å². The van der Waals surface area contributed by atoms with E-state index in [9.17, 15) is 4.79 Å². The third-order valence-electron chi connectivity index (χ3n) is 2.93. The second-order valence-electron chi connectivity index (χ2n) is 4.17. The van der Waals surface area contributed by atoms with E-state index in [1.54, 1.807) is 13.1 Å². The lowest BCUT2D eigenvalue weighted by molar-refractivity contribution is 0.712. The molecule has 18 heavy (non-hydrogen) atoms. The Balaban J connectivity index is 2.34. The Bertz CT molecular complexity index is 785. The molecule has 5 nitrogen and oxygen atoms in total. The normalized spacial score (nSPS) is 11.0. The molecule has 5 heteroatoms. The van der Waals surface area contributed by atoms with Crippen LogP contribution in [-0.2, 0) is 7.05 Å². The van der Waals surface area contributed by atoms with Crippen molar-refractivity contribution in [3.8, 4) is 11.3 Å². The molecule has 0 radical (unpaired) electrons. The molecule has 0 aliphatic carbocycles. The average Bonchev–Trinajstić information content (AvgIpc) is 2.69. The predicted molar refractivity (Wildman–Crippen MR) is 68.4 cm³/mol. The van der Waals surface area contributed by atoms with Gasteiger partial charge < -0.3 is 0 Å². The molecule has 0 unspecified atom stereocenters. The van der Waals surface area contributed by atoms with Crippen molar-refractivity contribution in [1.29, 1.82) is 0 Å². The molecule has 90 valence electrons. The van der Waals surface area contributed by atoms with E-state index in [1.165, 1.54) is 10.7 Å². The van der Waals surface area contributed by atoms with E-state index in [4.69, 9.17) is 0 Å². The molecule has 3 aromatic rings. The van der Waals surface area contributed by atoms with E-state index < -0.39 is 0 Å². The van der Waals surface area contributed by atoms with Gasteiger partial charge in [-0.05, 0) is 25.1 Å². The van der Waals surface area contributed by atoms with Gasteiger partial charge in [0.15, 0.2) is 0 Å². The summed E-state index contributed by atoms with van der Waals surface area (Å²) in [4.78, 5) is 11.4. The third-order valence-corrected chi connectivity index (χ3v) is 2.93. The first-order valence-electron chi connectivity index (χ1n) is 5.65. The Hall–Kier alpha value is -2.43. The SMILES string of the molecule is Cc1nn2ccccc2c1-c1ccc(=O)n(C)n1. The number of hydrogen-bond acceptors (Lipinski definition) is 3. The minimum atomic E-state index is -0.118. The number of hydrogen-bond donors (Lipinski definition) is 0. The van der Waals surface area contributed by atoms with Gasteiger partial charge in [-0.3, -0.25) is 4.79 Å². The average molecular weight is 240 g/mol. The van der Waals surface area contributed by atoms with Crippen molar-refractivity contribution < 1.29 is 0 Å². The van der Waals surface area contributed by atoms with Crippen LogP contribution in [-0.4, -0.2) is 19.4 Å². The topological polar surface area (TPSA) is 52.2 Å². The maximum atomic E-state index is 11.4. The highest BCUT2D eigenvalue weighted by molar-refractivity contribution is 5.79. The number of fused-ring (bicyclic) bond motifs is 1. The summed E-state index contributed by atoms with van der Waals surface area (Å²) >= 11 is 0. The molecule has 0 bridgehead atoms. The maximum absolute atomic E-state index is 11.4. The van der Waals surface area contributed by atoms with Crippen LogP contribution in [0.2, 0.25) is 0 Å². The molecule has 0 aliphatic rings. The molecule has 0 spiro atoms. The zero-order chi connectivity index (χ0) is 12.7. The molecule has 0 atom stereocenters. The van der Waals surface area contributed by atoms with E-state index >= 15 is 0 Å². The standard InChI is InChI=1S/C13H12N4O/c1-9-13(10-6-7-12(18)16(2)15-10)11-5-3-4-8-17(11)14-9/h3-8H,1-2H3. The minimum Gasteiger partial charge on any atom is -0.268 e. The zero-order valence-electron chi connectivity index (χ0n) is 10.2. The van der Waals surface area contributed by atoms with Crippen molar-refractivity contribution in [1.82, 2.24) is 19.4 Å². The van der Waals surface area contributed by atoms with Crippen LogP contribution in [0.25, 0.3) is 16.8 Å². The van der Waals surface area contributed by atoms with Crippen LogP contribution in [0.1, 0.15) is 5.69 Å². The zero-order valence-corrected chi connectivity index (χ0v) is 10.2. The van der Waals surface area contributed by atoms with Crippen LogP contribution in [0.15, 0.2) is 41.3 Å². The van der Waals surface area contributed by atoms with Crippen molar-refractivity contribution in [3.05, 3.63) is 52.6 Å². The molecule has 0 saturated carbocycles. The van der Waals surface area contributed by atoms with Gasteiger partial charge in [0.1, 0.15) is 0 Å². The number of pyridine rings is 1. The summed E-state index contributed by atoms with van der Waals surface area (Å²) in [5.41, 5.74) is 3.49. The molecule has 3 heterocycles. The predicted octanol–water partition coefficient (Wildman–Crippen LogP) is 1.40. The van der Waals surface area contributed by atoms with Crippen molar-refractivity contribution in [2.24, 2.45) is 7.05 Å². The summed E-state index contributed by atoms with van der Waals surface area (Å²) in [6.45, 7) is 1.94. The lowest BCUT2D eigenvalue weighted by Crippen LogP contribution is -2.18. The maximum Gasteiger partial charge on any atom is 0.266 e. The van der Waals surface area contributed by atoms with Crippen LogP contribution >= 0.6 is 0 Å². The molecule has 3 rings (SSSR count). The Morgan fingerprint density at radius 3 is 2.72 bits per heavy atom. The van der Waals surface area contributed by atoms with Gasteiger partial charge in [0.2, 0.25) is 0 Å². The van der Waals surface area contributed by atoms with Crippen LogP contribution in [0.4, 0.5) is 0 Å². The Morgan fingerprint density at radius 1 is 1.11 bits per heavy atom. The molecular formula is C13H12N4O. The fraction of sp³-hybridized carbons (Fsp3) is 0.154. The Labute approximate surface area is 103 Å². The molecule has 0 N–H and O–H groups in total. The first kappa shape index (κ1) is 10.7. The van der Waals surface area contributed by atoms with Crippen LogP contribution in [0.5, 0.6) is 0 Å². The van der Waals surface area contributed by atoms with Crippen LogP contribution in [0.3, 0.4) is 0 Å². The smallest absolute Gasteiger partial charge is 0.266 e. The number of aromatic nitrogens is 4. The van der Waals surface area contributed by atoms with Crippen molar-refractivity contribution in [2.45, 2.75) is 6.92 Å². The quantitative estimate of drug-likeness (QED) is 0.646. The summed E-state index contributed by atoms with van der Waals surface area (Å²) in [5.74, 6) is 0. The summed E-state index contributed by atoms with van der Waals surface area (Å²) in [7, 11) is 1.65. The van der Waals surface area contributed by atoms with Crippen molar-refractivity contribution in [3.63, 3.8) is 0 Å². The monoisotopic (exact) mass is 240 g/mol. The van der Waals surface area contributed by atoms with E-state index in [0.29, 0.717) is 0 Å². The second kappa shape index (κ2) is 3.80. The largest absolute Gasteiger partial charge is 0.268 e. The molecule has 0 aromatic carbocycles. The first-order chi connectivity index (χ1) is 8.66. The molecule has 0 fully saturated rings. The number of nitrogens with zero attached hydrogens (tertiary/aromatic N) is 4. The first-order valence-corrected chi connectivity index (χ1v) is 5.65. The summed E-state index contributed by atoms with van der Waals surface area (Å²) in [6, 6.07) is 9.13. The molecule has 0 amide bonds. The second-order valence-corrected chi connectivity index (χ2v) is 4.17. The Kier molecular flexibility index (Phi) is 2.26. The van der Waals surface area contributed by atoms with Crippen LogP contribution < -0.4 is 5.56 Å². The van der Waals surface area contributed by atoms with Gasteiger partial charge in [-0.25, -0.2) is 9.20 Å². The Morgan fingerprint density at radius 2 is 1.94 bits per heavy atom. The third kappa shape index (κ3) is 1.52. The molecule has 3 aromatic heterocycles. The van der Waals surface area contributed by atoms with Gasteiger partial charge in [0.05, 0.1) is 22.5 Å². The lowest BCUT2D eigenvalue weighted by Gasteiger charge is -2.02. The highest BCUT2D eigenvalue weighted by atomic mass is 16.1. The van der Waals surface area contributed by atoms with E-state index in [2.05, 4.69) is 10.2 Å². The summed E-state index contributed by atoms with van der Waals surface area (Å²) in [6.07, 6.45) is 1.90. The minimum absolute atomic E-state index is 0.118. The van der Waals surface area contributed by atoms with Crippen LogP contribution in [0, 0.1) is 6.92 Å². The van der Waals surface area contributed by atoms with Crippen molar-refractivity contribution >= 4 is 5.52 Å². The fourth-order valence-corrected chi connectivity index (χ4v) is 2.07.